The average Bonchev–Trinajstić information content (AvgIpc) is 3.00. The van der Waals surface area contributed by atoms with Crippen LogP contribution in [-0.2, 0) is 11.3 Å². The van der Waals surface area contributed by atoms with Gasteiger partial charge in [-0.2, -0.15) is 5.10 Å². The first-order chi connectivity index (χ1) is 10.4. The summed E-state index contributed by atoms with van der Waals surface area (Å²) in [6.45, 7) is 6.61. The summed E-state index contributed by atoms with van der Waals surface area (Å²) in [4.78, 5) is 0. The molecule has 0 fully saturated rings. The summed E-state index contributed by atoms with van der Waals surface area (Å²) >= 11 is 0. The fourth-order valence-corrected chi connectivity index (χ4v) is 2.18. The summed E-state index contributed by atoms with van der Waals surface area (Å²) in [5.74, 6) is 0. The molecule has 0 amide bonds. The minimum atomic E-state index is 0.816. The third kappa shape index (κ3) is 5.69. The third-order valence-electron chi connectivity index (χ3n) is 3.35. The first-order valence-corrected chi connectivity index (χ1v) is 7.76. The van der Waals surface area contributed by atoms with Gasteiger partial charge < -0.3 is 10.1 Å². The zero-order valence-corrected chi connectivity index (χ0v) is 12.8. The van der Waals surface area contributed by atoms with Gasteiger partial charge in [0.05, 0.1) is 12.7 Å². The standard InChI is InChI=1S/C17H25N3O/c1-2-21-13-7-6-10-18-11-12-20-15-17(14-19-20)16-8-4-3-5-9-16/h3-5,8-9,14-15,18H,2,6-7,10-13H2,1H3. The number of ether oxygens (including phenoxy) is 1. The van der Waals surface area contributed by atoms with Crippen molar-refractivity contribution in [2.24, 2.45) is 0 Å². The lowest BCUT2D eigenvalue weighted by Crippen LogP contribution is -2.21. The van der Waals surface area contributed by atoms with Crippen molar-refractivity contribution in [3.05, 3.63) is 42.7 Å². The Bertz CT molecular complexity index is 496. The molecule has 4 heteroatoms. The molecule has 0 aliphatic rings. The van der Waals surface area contributed by atoms with Crippen LogP contribution in [0, 0.1) is 0 Å². The Morgan fingerprint density at radius 3 is 2.76 bits per heavy atom. The van der Waals surface area contributed by atoms with Gasteiger partial charge in [-0.15, -0.1) is 0 Å². The first-order valence-electron chi connectivity index (χ1n) is 7.76. The first kappa shape index (κ1) is 15.7. The molecule has 2 aromatic rings. The molecular weight excluding hydrogens is 262 g/mol. The van der Waals surface area contributed by atoms with E-state index in [1.54, 1.807) is 0 Å². The maximum Gasteiger partial charge on any atom is 0.0568 e. The smallest absolute Gasteiger partial charge is 0.0568 e. The van der Waals surface area contributed by atoms with E-state index in [4.69, 9.17) is 4.74 Å². The Kier molecular flexibility index (Phi) is 6.98. The van der Waals surface area contributed by atoms with Crippen molar-refractivity contribution >= 4 is 0 Å². The van der Waals surface area contributed by atoms with Gasteiger partial charge in [-0.3, -0.25) is 4.68 Å². The fourth-order valence-electron chi connectivity index (χ4n) is 2.18. The summed E-state index contributed by atoms with van der Waals surface area (Å²) < 4.78 is 7.31. The second-order valence-corrected chi connectivity index (χ2v) is 5.01. The highest BCUT2D eigenvalue weighted by atomic mass is 16.5. The Morgan fingerprint density at radius 2 is 1.95 bits per heavy atom. The van der Waals surface area contributed by atoms with Crippen LogP contribution in [0.2, 0.25) is 0 Å². The van der Waals surface area contributed by atoms with Crippen LogP contribution in [0.15, 0.2) is 42.7 Å². The second-order valence-electron chi connectivity index (χ2n) is 5.01. The van der Waals surface area contributed by atoms with Crippen molar-refractivity contribution in [1.82, 2.24) is 15.1 Å². The SMILES string of the molecule is CCOCCCCNCCn1cc(-c2ccccc2)cn1. The lowest BCUT2D eigenvalue weighted by molar-refractivity contribution is 0.143. The van der Waals surface area contributed by atoms with E-state index >= 15 is 0 Å². The maximum absolute atomic E-state index is 5.31. The van der Waals surface area contributed by atoms with E-state index in [-0.39, 0.29) is 0 Å². The topological polar surface area (TPSA) is 39.1 Å². The minimum Gasteiger partial charge on any atom is -0.382 e. The van der Waals surface area contributed by atoms with Crippen LogP contribution in [0.1, 0.15) is 19.8 Å². The lowest BCUT2D eigenvalue weighted by atomic mass is 10.1. The van der Waals surface area contributed by atoms with Crippen LogP contribution < -0.4 is 5.32 Å². The van der Waals surface area contributed by atoms with Crippen molar-refractivity contribution in [3.8, 4) is 11.1 Å². The van der Waals surface area contributed by atoms with Gasteiger partial charge in [0, 0.05) is 31.5 Å². The van der Waals surface area contributed by atoms with Crippen LogP contribution in [0.5, 0.6) is 0 Å². The second kappa shape index (κ2) is 9.32. The van der Waals surface area contributed by atoms with E-state index in [0.717, 1.165) is 45.7 Å². The zero-order valence-electron chi connectivity index (χ0n) is 12.8. The highest BCUT2D eigenvalue weighted by molar-refractivity contribution is 5.61. The molecule has 1 aromatic heterocycles. The van der Waals surface area contributed by atoms with E-state index in [1.165, 1.54) is 11.1 Å². The molecule has 0 spiro atoms. The number of aromatic nitrogens is 2. The normalized spacial score (nSPS) is 10.9. The molecular formula is C17H25N3O. The van der Waals surface area contributed by atoms with Crippen LogP contribution in [-0.4, -0.2) is 36.1 Å². The fraction of sp³-hybridized carbons (Fsp3) is 0.471. The van der Waals surface area contributed by atoms with Gasteiger partial charge in [0.1, 0.15) is 0 Å². The Morgan fingerprint density at radius 1 is 1.10 bits per heavy atom. The van der Waals surface area contributed by atoms with Crippen molar-refractivity contribution < 1.29 is 4.74 Å². The van der Waals surface area contributed by atoms with Crippen molar-refractivity contribution in [1.29, 1.82) is 0 Å². The summed E-state index contributed by atoms with van der Waals surface area (Å²) in [6, 6.07) is 10.4. The molecule has 0 saturated heterocycles. The highest BCUT2D eigenvalue weighted by Gasteiger charge is 2.00. The van der Waals surface area contributed by atoms with Gasteiger partial charge in [-0.05, 0) is 31.9 Å². The molecule has 21 heavy (non-hydrogen) atoms. The van der Waals surface area contributed by atoms with Gasteiger partial charge in [0.25, 0.3) is 0 Å². The minimum absolute atomic E-state index is 0.816. The molecule has 0 aliphatic carbocycles. The molecule has 0 unspecified atom stereocenters. The van der Waals surface area contributed by atoms with Gasteiger partial charge in [-0.25, -0.2) is 0 Å². The van der Waals surface area contributed by atoms with E-state index < -0.39 is 0 Å². The van der Waals surface area contributed by atoms with Crippen molar-refractivity contribution in [2.75, 3.05) is 26.3 Å². The molecule has 1 heterocycles. The quantitative estimate of drug-likeness (QED) is 0.683. The predicted molar refractivity (Wildman–Crippen MR) is 86.3 cm³/mol. The van der Waals surface area contributed by atoms with Crippen molar-refractivity contribution in [2.45, 2.75) is 26.3 Å². The van der Waals surface area contributed by atoms with E-state index in [2.05, 4.69) is 40.9 Å². The summed E-state index contributed by atoms with van der Waals surface area (Å²) in [5, 5.41) is 7.85. The number of unbranched alkanes of at least 4 members (excludes halogenated alkanes) is 1. The average molecular weight is 287 g/mol. The number of nitrogens with zero attached hydrogens (tertiary/aromatic N) is 2. The number of hydrogen-bond acceptors (Lipinski definition) is 3. The number of nitrogens with one attached hydrogen (secondary N) is 1. The molecule has 0 radical (unpaired) electrons. The summed E-state index contributed by atoms with van der Waals surface area (Å²) in [6.07, 6.45) is 6.32. The van der Waals surface area contributed by atoms with Gasteiger partial charge in [0.2, 0.25) is 0 Å². The molecule has 0 saturated carbocycles. The molecule has 2 rings (SSSR count). The maximum atomic E-state index is 5.31. The van der Waals surface area contributed by atoms with E-state index in [9.17, 15) is 0 Å². The molecule has 0 atom stereocenters. The van der Waals surface area contributed by atoms with Gasteiger partial charge in [0.15, 0.2) is 0 Å². The molecule has 4 nitrogen and oxygen atoms in total. The largest absolute Gasteiger partial charge is 0.382 e. The number of benzene rings is 1. The Hall–Kier alpha value is -1.65. The summed E-state index contributed by atoms with van der Waals surface area (Å²) in [5.41, 5.74) is 2.39. The van der Waals surface area contributed by atoms with Crippen LogP contribution in [0.3, 0.4) is 0 Å². The third-order valence-corrected chi connectivity index (χ3v) is 3.35. The monoisotopic (exact) mass is 287 g/mol. The van der Waals surface area contributed by atoms with E-state index in [1.807, 2.05) is 23.9 Å². The van der Waals surface area contributed by atoms with E-state index in [0.29, 0.717) is 0 Å². The van der Waals surface area contributed by atoms with Gasteiger partial charge >= 0.3 is 0 Å². The van der Waals surface area contributed by atoms with Crippen molar-refractivity contribution in [3.63, 3.8) is 0 Å². The van der Waals surface area contributed by atoms with Crippen LogP contribution >= 0.6 is 0 Å². The molecule has 0 aliphatic heterocycles. The van der Waals surface area contributed by atoms with Crippen LogP contribution in [0.4, 0.5) is 0 Å². The molecule has 0 bridgehead atoms. The van der Waals surface area contributed by atoms with Gasteiger partial charge in [-0.1, -0.05) is 30.3 Å². The summed E-state index contributed by atoms with van der Waals surface area (Å²) in [7, 11) is 0. The molecule has 1 N–H and O–H groups in total. The predicted octanol–water partition coefficient (Wildman–Crippen LogP) is 2.96. The molecule has 114 valence electrons. The lowest BCUT2D eigenvalue weighted by Gasteiger charge is -2.05. The number of rotatable bonds is 10. The zero-order chi connectivity index (χ0) is 14.8. The van der Waals surface area contributed by atoms with Crippen LogP contribution in [0.25, 0.3) is 11.1 Å². The number of hydrogen-bond donors (Lipinski definition) is 1. The molecule has 1 aromatic carbocycles. The Balaban J connectivity index is 1.63. The Labute approximate surface area is 127 Å². The highest BCUT2D eigenvalue weighted by Crippen LogP contribution is 2.17.